The van der Waals surface area contributed by atoms with Crippen LogP contribution in [0.25, 0.3) is 0 Å². The minimum atomic E-state index is -4.19. The number of rotatable bonds is 4. The van der Waals surface area contributed by atoms with E-state index in [1.165, 1.54) is 18.0 Å². The van der Waals surface area contributed by atoms with Gasteiger partial charge in [0.2, 0.25) is 0 Å². The molecule has 2 heterocycles. The van der Waals surface area contributed by atoms with Crippen LogP contribution in [-0.4, -0.2) is 25.7 Å². The molecule has 2 rings (SSSR count). The van der Waals surface area contributed by atoms with Crippen LogP contribution in [0, 0.1) is 0 Å². The van der Waals surface area contributed by atoms with Crippen molar-refractivity contribution in [2.45, 2.75) is 72.1 Å². The Hall–Kier alpha value is -1.79. The molecule has 0 aliphatic carbocycles. The van der Waals surface area contributed by atoms with Gasteiger partial charge in [0.1, 0.15) is 6.54 Å². The average Bonchev–Trinajstić information content (AvgIpc) is 3.05. The molecular weight excluding hydrogens is 317 g/mol. The molecule has 0 aliphatic heterocycles. The van der Waals surface area contributed by atoms with E-state index >= 15 is 0 Å². The van der Waals surface area contributed by atoms with Crippen molar-refractivity contribution in [3.63, 3.8) is 0 Å². The summed E-state index contributed by atoms with van der Waals surface area (Å²) in [5.74, 6) is 0.796. The quantitative estimate of drug-likeness (QED) is 0.768. The second kappa shape index (κ2) is 8.35. The molecule has 2 aromatic heterocycles. The highest BCUT2D eigenvalue weighted by Crippen LogP contribution is 2.19. The molecule has 0 amide bonds. The minimum absolute atomic E-state index is 0.210. The summed E-state index contributed by atoms with van der Waals surface area (Å²) in [5, 5.41) is 7.87. The first-order valence-electron chi connectivity index (χ1n) is 8.12. The maximum atomic E-state index is 11.9. The smallest absolute Gasteiger partial charge is 0.270 e. The van der Waals surface area contributed by atoms with Crippen LogP contribution in [0.15, 0.2) is 24.8 Å². The number of aromatic nitrogens is 4. The third kappa shape index (κ3) is 6.76. The van der Waals surface area contributed by atoms with Gasteiger partial charge in [-0.15, -0.1) is 0 Å². The van der Waals surface area contributed by atoms with Gasteiger partial charge in [0.15, 0.2) is 0 Å². The van der Waals surface area contributed by atoms with Crippen LogP contribution in [0.3, 0.4) is 0 Å². The van der Waals surface area contributed by atoms with Gasteiger partial charge in [0.25, 0.3) is 0 Å². The second-order valence-corrected chi connectivity index (χ2v) is 6.74. The van der Waals surface area contributed by atoms with E-state index in [1.54, 1.807) is 0 Å². The molecule has 0 N–H and O–H groups in total. The summed E-state index contributed by atoms with van der Waals surface area (Å²) in [6, 6.07) is 0.475. The number of nitrogens with zero attached hydrogens (tertiary/aromatic N) is 4. The van der Waals surface area contributed by atoms with Gasteiger partial charge in [-0.2, -0.15) is 23.4 Å². The van der Waals surface area contributed by atoms with Crippen molar-refractivity contribution in [3.8, 4) is 0 Å². The van der Waals surface area contributed by atoms with Crippen LogP contribution < -0.4 is 0 Å². The summed E-state index contributed by atoms with van der Waals surface area (Å²) in [7, 11) is 0. The van der Waals surface area contributed by atoms with Gasteiger partial charge in [0, 0.05) is 18.4 Å². The number of alkyl halides is 3. The molecule has 7 heteroatoms. The zero-order chi connectivity index (χ0) is 18.5. The fourth-order valence-corrected chi connectivity index (χ4v) is 1.88. The Kier molecular flexibility index (Phi) is 7.05. The summed E-state index contributed by atoms with van der Waals surface area (Å²) in [6.45, 7) is 11.4. The van der Waals surface area contributed by atoms with Gasteiger partial charge in [-0.25, -0.2) is 0 Å². The number of hydrogen-bond donors (Lipinski definition) is 0. The van der Waals surface area contributed by atoms with Crippen molar-refractivity contribution in [1.29, 1.82) is 0 Å². The Morgan fingerprint density at radius 3 is 1.71 bits per heavy atom. The summed E-state index contributed by atoms with van der Waals surface area (Å²) in [6.07, 6.45) is 2.77. The summed E-state index contributed by atoms with van der Waals surface area (Å²) in [5.41, 5.74) is 2.14. The first-order chi connectivity index (χ1) is 11.0. The molecule has 2 aromatic rings. The summed E-state index contributed by atoms with van der Waals surface area (Å²) in [4.78, 5) is 0. The fourth-order valence-electron chi connectivity index (χ4n) is 1.88. The van der Waals surface area contributed by atoms with Gasteiger partial charge in [-0.1, -0.05) is 27.7 Å². The molecule has 0 atom stereocenters. The topological polar surface area (TPSA) is 35.6 Å². The molecule has 0 radical (unpaired) electrons. The maximum Gasteiger partial charge on any atom is 0.408 e. The van der Waals surface area contributed by atoms with Gasteiger partial charge in [-0.05, 0) is 36.8 Å². The Morgan fingerprint density at radius 2 is 1.38 bits per heavy atom. The van der Waals surface area contributed by atoms with Crippen molar-refractivity contribution < 1.29 is 13.2 Å². The fraction of sp³-hybridized carbons (Fsp3) is 0.647. The second-order valence-electron chi connectivity index (χ2n) is 6.74. The van der Waals surface area contributed by atoms with E-state index in [0.717, 1.165) is 10.2 Å². The molecule has 0 saturated carbocycles. The number of hydrogen-bond acceptors (Lipinski definition) is 2. The minimum Gasteiger partial charge on any atom is -0.270 e. The molecule has 0 unspecified atom stereocenters. The highest BCUT2D eigenvalue weighted by Gasteiger charge is 2.28. The molecule has 0 fully saturated rings. The van der Waals surface area contributed by atoms with E-state index in [1.807, 2.05) is 24.7 Å². The first-order valence-corrected chi connectivity index (χ1v) is 8.12. The van der Waals surface area contributed by atoms with Crippen LogP contribution in [-0.2, 0) is 6.54 Å². The Bertz CT molecular complexity index is 587. The molecule has 0 aliphatic rings. The Morgan fingerprint density at radius 1 is 0.875 bits per heavy atom. The van der Waals surface area contributed by atoms with Crippen molar-refractivity contribution in [1.82, 2.24) is 19.6 Å². The lowest BCUT2D eigenvalue weighted by Crippen LogP contribution is -2.17. The van der Waals surface area contributed by atoms with Gasteiger partial charge in [0.05, 0.1) is 12.4 Å². The SMILES string of the molecule is CC(C)c1cnn(C(C)C)c1.CC(C)c1cnn(CC(F)(F)F)c1. The predicted octanol–water partition coefficient (Wildman–Crippen LogP) is 5.16. The van der Waals surface area contributed by atoms with E-state index in [0.29, 0.717) is 12.0 Å². The molecule has 0 bridgehead atoms. The lowest BCUT2D eigenvalue weighted by Gasteiger charge is -2.05. The Labute approximate surface area is 141 Å². The van der Waals surface area contributed by atoms with E-state index in [4.69, 9.17) is 0 Å². The highest BCUT2D eigenvalue weighted by atomic mass is 19.4. The molecule has 0 saturated heterocycles. The largest absolute Gasteiger partial charge is 0.408 e. The van der Waals surface area contributed by atoms with Crippen molar-refractivity contribution >= 4 is 0 Å². The van der Waals surface area contributed by atoms with E-state index in [2.05, 4.69) is 44.1 Å². The number of halogens is 3. The third-order valence-electron chi connectivity index (χ3n) is 3.48. The molecule has 4 nitrogen and oxygen atoms in total. The van der Waals surface area contributed by atoms with Crippen molar-refractivity contribution in [2.75, 3.05) is 0 Å². The van der Waals surface area contributed by atoms with Crippen molar-refractivity contribution in [2.24, 2.45) is 0 Å². The molecular formula is C17H27F3N4. The maximum absolute atomic E-state index is 11.9. The van der Waals surface area contributed by atoms with E-state index < -0.39 is 12.7 Å². The van der Waals surface area contributed by atoms with Gasteiger partial charge in [-0.3, -0.25) is 9.36 Å². The van der Waals surface area contributed by atoms with Crippen LogP contribution in [0.5, 0.6) is 0 Å². The van der Waals surface area contributed by atoms with Crippen LogP contribution in [0.4, 0.5) is 13.2 Å². The normalized spacial score (nSPS) is 12.0. The molecule has 136 valence electrons. The molecule has 0 spiro atoms. The Balaban J connectivity index is 0.000000243. The van der Waals surface area contributed by atoms with Crippen LogP contribution >= 0.6 is 0 Å². The van der Waals surface area contributed by atoms with Crippen LogP contribution in [0.1, 0.15) is 70.5 Å². The standard InChI is InChI=1S/C9H16N2.C8H11F3N2/c1-7(2)9-5-10-11(6-9)8(3)4;1-6(2)7-3-12-13(4-7)5-8(9,10)11/h5-8H,1-4H3;3-4,6H,5H2,1-2H3. The van der Waals surface area contributed by atoms with E-state index in [9.17, 15) is 13.2 Å². The molecule has 24 heavy (non-hydrogen) atoms. The van der Waals surface area contributed by atoms with Gasteiger partial charge >= 0.3 is 6.18 Å². The monoisotopic (exact) mass is 344 g/mol. The summed E-state index contributed by atoms with van der Waals surface area (Å²) >= 11 is 0. The van der Waals surface area contributed by atoms with Crippen molar-refractivity contribution in [3.05, 3.63) is 35.9 Å². The predicted molar refractivity (Wildman–Crippen MR) is 89.1 cm³/mol. The zero-order valence-corrected chi connectivity index (χ0v) is 15.2. The van der Waals surface area contributed by atoms with E-state index in [-0.39, 0.29) is 5.92 Å². The summed E-state index contributed by atoms with van der Waals surface area (Å²) < 4.78 is 38.6. The van der Waals surface area contributed by atoms with Gasteiger partial charge < -0.3 is 0 Å². The lowest BCUT2D eigenvalue weighted by molar-refractivity contribution is -0.142. The highest BCUT2D eigenvalue weighted by molar-refractivity contribution is 5.09. The van der Waals surface area contributed by atoms with Crippen LogP contribution in [0.2, 0.25) is 0 Å². The molecule has 0 aromatic carbocycles. The lowest BCUT2D eigenvalue weighted by atomic mass is 10.1. The third-order valence-corrected chi connectivity index (χ3v) is 3.48. The first kappa shape index (κ1) is 20.3. The average molecular weight is 344 g/mol. The zero-order valence-electron chi connectivity index (χ0n) is 15.2.